The average Bonchev–Trinajstić information content (AvgIpc) is 2.40. The van der Waals surface area contributed by atoms with Crippen LogP contribution in [0.15, 0.2) is 30.3 Å². The van der Waals surface area contributed by atoms with Gasteiger partial charge in [-0.3, -0.25) is 0 Å². The van der Waals surface area contributed by atoms with Gasteiger partial charge in [0, 0.05) is 25.4 Å². The molecule has 2 heterocycles. The molecule has 2 nitrogen and oxygen atoms in total. The zero-order valence-electron chi connectivity index (χ0n) is 10.5. The molecule has 2 saturated heterocycles. The predicted molar refractivity (Wildman–Crippen MR) is 72.7 cm³/mol. The Morgan fingerprint density at radius 2 is 2.12 bits per heavy atom. The Morgan fingerprint density at radius 1 is 1.29 bits per heavy atom. The minimum absolute atomic E-state index is 0.513. The second kappa shape index (κ2) is 4.73. The first-order valence-corrected chi connectivity index (χ1v) is 6.76. The van der Waals surface area contributed by atoms with Crippen molar-refractivity contribution in [1.29, 1.82) is 0 Å². The fraction of sp³-hybridized carbons (Fsp3) is 0.571. The van der Waals surface area contributed by atoms with Crippen molar-refractivity contribution in [3.05, 3.63) is 30.3 Å². The molecule has 2 unspecified atom stereocenters. The summed E-state index contributed by atoms with van der Waals surface area (Å²) in [4.78, 5) is 2.52. The van der Waals surface area contributed by atoms with E-state index >= 15 is 0 Å². The van der Waals surface area contributed by atoms with Gasteiger partial charge in [0.25, 0.3) is 6.92 Å². The molecule has 1 aromatic rings. The topological polar surface area (TPSA) is 12.5 Å². The molecule has 90 valence electrons. The van der Waals surface area contributed by atoms with E-state index in [0.717, 1.165) is 31.4 Å². The smallest absolute Gasteiger partial charge is 0.299 e. The first-order chi connectivity index (χ1) is 8.34. The van der Waals surface area contributed by atoms with E-state index in [1.54, 1.807) is 0 Å². The minimum Gasteiger partial charge on any atom is -0.435 e. The van der Waals surface area contributed by atoms with Crippen LogP contribution in [0.2, 0.25) is 12.1 Å². The van der Waals surface area contributed by atoms with Crippen LogP contribution in [0, 0.1) is 5.92 Å². The maximum Gasteiger partial charge on any atom is 0.299 e. The van der Waals surface area contributed by atoms with E-state index < -0.39 is 0 Å². The third-order valence-electron chi connectivity index (χ3n) is 4.35. The van der Waals surface area contributed by atoms with Gasteiger partial charge in [0.2, 0.25) is 0 Å². The fourth-order valence-electron chi connectivity index (χ4n) is 3.21. The Labute approximate surface area is 104 Å². The average molecular weight is 229 g/mol. The van der Waals surface area contributed by atoms with Crippen LogP contribution in [0.5, 0.6) is 0 Å². The minimum atomic E-state index is 0.513. The molecular formula is C14H20BNO. The summed E-state index contributed by atoms with van der Waals surface area (Å²) in [5.41, 5.74) is 1.36. The lowest BCUT2D eigenvalue weighted by Crippen LogP contribution is -2.48. The molecule has 3 rings (SSSR count). The highest BCUT2D eigenvalue weighted by molar-refractivity contribution is 6.54. The summed E-state index contributed by atoms with van der Waals surface area (Å²) in [6, 6.07) is 10.8. The quantitative estimate of drug-likeness (QED) is 0.686. The van der Waals surface area contributed by atoms with Gasteiger partial charge in [-0.05, 0) is 36.6 Å². The number of hydrogen-bond donors (Lipinski definition) is 0. The first-order valence-electron chi connectivity index (χ1n) is 6.76. The van der Waals surface area contributed by atoms with Gasteiger partial charge in [0.05, 0.1) is 0 Å². The Bertz CT molecular complexity index is 370. The number of hydrogen-bond acceptors (Lipinski definition) is 2. The van der Waals surface area contributed by atoms with Crippen molar-refractivity contribution < 1.29 is 4.65 Å². The lowest BCUT2D eigenvalue weighted by Gasteiger charge is -2.43. The molecule has 0 aromatic heterocycles. The standard InChI is InChI=1S/C14H20BNO/c1-12-7-10-17-15-8-9-16(11-14(12)15)13-5-3-2-4-6-13/h2-6,12,14H,7-11H2,1H3. The van der Waals surface area contributed by atoms with Gasteiger partial charge >= 0.3 is 0 Å². The van der Waals surface area contributed by atoms with Crippen molar-refractivity contribution in [2.45, 2.75) is 25.5 Å². The Hall–Kier alpha value is -0.955. The molecular weight excluding hydrogens is 209 g/mol. The van der Waals surface area contributed by atoms with Crippen molar-refractivity contribution in [3.63, 3.8) is 0 Å². The van der Waals surface area contributed by atoms with Gasteiger partial charge in [-0.2, -0.15) is 0 Å². The molecule has 0 N–H and O–H groups in total. The number of rotatable bonds is 1. The normalized spacial score (nSPS) is 29.0. The summed E-state index contributed by atoms with van der Waals surface area (Å²) in [5, 5.41) is 0. The number of fused-ring (bicyclic) bond motifs is 1. The van der Waals surface area contributed by atoms with Crippen LogP contribution in [0.4, 0.5) is 5.69 Å². The maximum absolute atomic E-state index is 5.91. The molecule has 0 amide bonds. The lowest BCUT2D eigenvalue weighted by atomic mass is 9.46. The number of nitrogens with zero attached hydrogens (tertiary/aromatic N) is 1. The first kappa shape index (κ1) is 11.2. The summed E-state index contributed by atoms with van der Waals surface area (Å²) in [6.07, 6.45) is 2.41. The largest absolute Gasteiger partial charge is 0.435 e. The lowest BCUT2D eigenvalue weighted by molar-refractivity contribution is 0.223. The molecule has 1 aromatic carbocycles. The molecule has 0 spiro atoms. The summed E-state index contributed by atoms with van der Waals surface area (Å²) in [6.45, 7) is 6.16. The third-order valence-corrected chi connectivity index (χ3v) is 4.35. The van der Waals surface area contributed by atoms with Crippen molar-refractivity contribution in [2.24, 2.45) is 5.92 Å². The molecule has 3 heteroatoms. The van der Waals surface area contributed by atoms with Crippen molar-refractivity contribution in [3.8, 4) is 0 Å². The molecule has 2 atom stereocenters. The molecule has 2 aliphatic heterocycles. The molecule has 2 aliphatic rings. The van der Waals surface area contributed by atoms with E-state index in [-0.39, 0.29) is 0 Å². The Kier molecular flexibility index (Phi) is 3.10. The highest BCUT2D eigenvalue weighted by atomic mass is 16.4. The molecule has 0 radical (unpaired) electrons. The molecule has 0 bridgehead atoms. The highest BCUT2D eigenvalue weighted by Gasteiger charge is 2.39. The fourth-order valence-corrected chi connectivity index (χ4v) is 3.21. The van der Waals surface area contributed by atoms with Crippen LogP contribution in [-0.2, 0) is 4.65 Å². The van der Waals surface area contributed by atoms with Crippen molar-refractivity contribution >= 4 is 12.6 Å². The van der Waals surface area contributed by atoms with E-state index in [9.17, 15) is 0 Å². The van der Waals surface area contributed by atoms with Crippen LogP contribution in [0.3, 0.4) is 0 Å². The van der Waals surface area contributed by atoms with E-state index in [1.165, 1.54) is 18.4 Å². The zero-order chi connectivity index (χ0) is 11.7. The van der Waals surface area contributed by atoms with E-state index in [4.69, 9.17) is 4.65 Å². The summed E-state index contributed by atoms with van der Waals surface area (Å²) >= 11 is 0. The van der Waals surface area contributed by atoms with Crippen molar-refractivity contribution in [1.82, 2.24) is 0 Å². The number of benzene rings is 1. The predicted octanol–water partition coefficient (Wildman–Crippen LogP) is 2.92. The van der Waals surface area contributed by atoms with Gasteiger partial charge in [-0.25, -0.2) is 0 Å². The second-order valence-electron chi connectivity index (χ2n) is 5.41. The zero-order valence-corrected chi connectivity index (χ0v) is 10.5. The van der Waals surface area contributed by atoms with Gasteiger partial charge in [-0.1, -0.05) is 25.1 Å². The summed E-state index contributed by atoms with van der Waals surface area (Å²) < 4.78 is 5.91. The summed E-state index contributed by atoms with van der Waals surface area (Å²) in [7, 11) is 0. The van der Waals surface area contributed by atoms with E-state index in [0.29, 0.717) is 6.92 Å². The van der Waals surface area contributed by atoms with Crippen LogP contribution in [0.25, 0.3) is 0 Å². The van der Waals surface area contributed by atoms with Gasteiger partial charge < -0.3 is 9.55 Å². The highest BCUT2D eigenvalue weighted by Crippen LogP contribution is 2.36. The Balaban J connectivity index is 1.74. The second-order valence-corrected chi connectivity index (χ2v) is 5.41. The number of para-hydroxylation sites is 1. The van der Waals surface area contributed by atoms with Crippen LogP contribution >= 0.6 is 0 Å². The molecule has 0 aliphatic carbocycles. The number of anilines is 1. The molecule has 0 saturated carbocycles. The van der Waals surface area contributed by atoms with E-state index in [2.05, 4.69) is 42.2 Å². The molecule has 2 fully saturated rings. The molecule has 17 heavy (non-hydrogen) atoms. The SMILES string of the molecule is CC1CCOB2CCN(c3ccccc3)CC21. The summed E-state index contributed by atoms with van der Waals surface area (Å²) in [5.74, 6) is 1.53. The van der Waals surface area contributed by atoms with Gasteiger partial charge in [0.1, 0.15) is 0 Å². The monoisotopic (exact) mass is 229 g/mol. The van der Waals surface area contributed by atoms with Crippen LogP contribution < -0.4 is 4.90 Å². The van der Waals surface area contributed by atoms with Crippen LogP contribution in [-0.4, -0.2) is 26.6 Å². The Morgan fingerprint density at radius 3 is 2.94 bits per heavy atom. The van der Waals surface area contributed by atoms with Gasteiger partial charge in [0.15, 0.2) is 0 Å². The third kappa shape index (κ3) is 2.21. The van der Waals surface area contributed by atoms with Crippen LogP contribution in [0.1, 0.15) is 13.3 Å². The van der Waals surface area contributed by atoms with E-state index in [1.807, 2.05) is 0 Å². The van der Waals surface area contributed by atoms with Crippen molar-refractivity contribution in [2.75, 3.05) is 24.6 Å². The van der Waals surface area contributed by atoms with Gasteiger partial charge in [-0.15, -0.1) is 0 Å². The maximum atomic E-state index is 5.91.